The Morgan fingerprint density at radius 1 is 1.16 bits per heavy atom. The van der Waals surface area contributed by atoms with Crippen LogP contribution in [0.2, 0.25) is 5.15 Å². The highest BCUT2D eigenvalue weighted by atomic mass is 35.5. The average Bonchev–Trinajstić information content (AvgIpc) is 3.64. The lowest BCUT2D eigenvalue weighted by Gasteiger charge is -2.21. The molecule has 1 aliphatic heterocycles. The molecule has 190 valence electrons. The average molecular weight is 517 g/mol. The molecule has 10 heteroatoms. The summed E-state index contributed by atoms with van der Waals surface area (Å²) in [5.74, 6) is 0. The maximum absolute atomic E-state index is 13.6. The van der Waals surface area contributed by atoms with Crippen molar-refractivity contribution in [2.24, 2.45) is 14.1 Å². The molecule has 1 saturated heterocycles. The first-order valence-corrected chi connectivity index (χ1v) is 12.8. The number of anilines is 1. The SMILES string of the molecule is Cc1cc(C(C)Nc2ccc(Cl)nc2-c2cnn(C)c2)c2c(c1)c(=O)n(C)c1c2cnn1C1CCNC1. The van der Waals surface area contributed by atoms with Crippen molar-refractivity contribution in [2.75, 3.05) is 18.4 Å². The molecule has 1 aromatic carbocycles. The first-order valence-electron chi connectivity index (χ1n) is 12.4. The molecule has 5 aromatic rings. The Kier molecular flexibility index (Phi) is 5.77. The van der Waals surface area contributed by atoms with Crippen molar-refractivity contribution in [2.45, 2.75) is 32.4 Å². The molecule has 1 aliphatic rings. The van der Waals surface area contributed by atoms with E-state index in [1.54, 1.807) is 21.5 Å². The summed E-state index contributed by atoms with van der Waals surface area (Å²) >= 11 is 6.26. The summed E-state index contributed by atoms with van der Waals surface area (Å²) in [4.78, 5) is 18.2. The van der Waals surface area contributed by atoms with E-state index in [4.69, 9.17) is 16.7 Å². The number of nitrogens with one attached hydrogen (secondary N) is 2. The molecule has 0 bridgehead atoms. The third-order valence-electron chi connectivity index (χ3n) is 7.26. The lowest BCUT2D eigenvalue weighted by molar-refractivity contribution is 0.497. The largest absolute Gasteiger partial charge is 0.377 e. The quantitative estimate of drug-likeness (QED) is 0.337. The number of fused-ring (bicyclic) bond motifs is 3. The summed E-state index contributed by atoms with van der Waals surface area (Å²) in [6.07, 6.45) is 6.58. The third-order valence-corrected chi connectivity index (χ3v) is 7.47. The maximum atomic E-state index is 13.6. The molecule has 0 aliphatic carbocycles. The molecular weight excluding hydrogens is 488 g/mol. The van der Waals surface area contributed by atoms with Crippen molar-refractivity contribution < 1.29 is 0 Å². The zero-order valence-electron chi connectivity index (χ0n) is 21.3. The highest BCUT2D eigenvalue weighted by Gasteiger charge is 2.24. The Bertz CT molecular complexity index is 1710. The summed E-state index contributed by atoms with van der Waals surface area (Å²) in [6.45, 7) is 5.93. The Morgan fingerprint density at radius 2 is 2.00 bits per heavy atom. The van der Waals surface area contributed by atoms with E-state index in [0.29, 0.717) is 10.5 Å². The van der Waals surface area contributed by atoms with Gasteiger partial charge in [-0.25, -0.2) is 9.67 Å². The predicted molar refractivity (Wildman–Crippen MR) is 147 cm³/mol. The van der Waals surface area contributed by atoms with Crippen LogP contribution in [0.4, 0.5) is 5.69 Å². The highest BCUT2D eigenvalue weighted by molar-refractivity contribution is 6.29. The molecule has 2 N–H and O–H groups in total. The highest BCUT2D eigenvalue weighted by Crippen LogP contribution is 2.35. The van der Waals surface area contributed by atoms with Gasteiger partial charge in [-0.2, -0.15) is 10.2 Å². The molecule has 2 atom stereocenters. The molecule has 37 heavy (non-hydrogen) atoms. The summed E-state index contributed by atoms with van der Waals surface area (Å²) in [6, 6.07) is 7.94. The Hall–Kier alpha value is -3.69. The van der Waals surface area contributed by atoms with Gasteiger partial charge in [0.25, 0.3) is 5.56 Å². The smallest absolute Gasteiger partial charge is 0.259 e. The van der Waals surface area contributed by atoms with Gasteiger partial charge in [-0.1, -0.05) is 17.7 Å². The van der Waals surface area contributed by atoms with Gasteiger partial charge in [0, 0.05) is 54.6 Å². The van der Waals surface area contributed by atoms with E-state index in [2.05, 4.69) is 33.7 Å². The van der Waals surface area contributed by atoms with E-state index >= 15 is 0 Å². The molecule has 0 spiro atoms. The minimum atomic E-state index is -0.132. The summed E-state index contributed by atoms with van der Waals surface area (Å²) in [5.41, 5.74) is 5.34. The first-order chi connectivity index (χ1) is 17.8. The van der Waals surface area contributed by atoms with Crippen LogP contribution in [0.25, 0.3) is 33.1 Å². The number of aryl methyl sites for hydroxylation is 3. The zero-order valence-corrected chi connectivity index (χ0v) is 22.0. The molecular formula is C27H29ClN8O. The Morgan fingerprint density at radius 3 is 2.73 bits per heavy atom. The van der Waals surface area contributed by atoms with Gasteiger partial charge in [-0.3, -0.25) is 14.0 Å². The molecule has 0 radical (unpaired) electrons. The van der Waals surface area contributed by atoms with Crippen LogP contribution in [0, 0.1) is 6.92 Å². The van der Waals surface area contributed by atoms with Gasteiger partial charge < -0.3 is 10.6 Å². The van der Waals surface area contributed by atoms with Crippen molar-refractivity contribution in [1.29, 1.82) is 0 Å². The number of benzene rings is 1. The number of pyridine rings is 2. The number of rotatable bonds is 5. The zero-order chi connectivity index (χ0) is 25.8. The molecule has 0 amide bonds. The minimum absolute atomic E-state index is 0.0171. The van der Waals surface area contributed by atoms with Crippen molar-refractivity contribution in [1.82, 2.24) is 34.4 Å². The minimum Gasteiger partial charge on any atom is -0.377 e. The molecule has 0 saturated carbocycles. The number of halogens is 1. The molecule has 9 nitrogen and oxygen atoms in total. The second-order valence-corrected chi connectivity index (χ2v) is 10.3. The first kappa shape index (κ1) is 23.7. The van der Waals surface area contributed by atoms with Crippen LogP contribution in [0.1, 0.15) is 36.6 Å². The van der Waals surface area contributed by atoms with E-state index < -0.39 is 0 Å². The van der Waals surface area contributed by atoms with E-state index in [9.17, 15) is 4.79 Å². The van der Waals surface area contributed by atoms with Crippen LogP contribution in [0.15, 0.2) is 47.7 Å². The lowest BCUT2D eigenvalue weighted by Crippen LogP contribution is -2.23. The van der Waals surface area contributed by atoms with E-state index in [0.717, 1.165) is 64.0 Å². The fourth-order valence-electron chi connectivity index (χ4n) is 5.51. The lowest BCUT2D eigenvalue weighted by atomic mass is 9.95. The third kappa shape index (κ3) is 3.98. The number of nitrogens with zero attached hydrogens (tertiary/aromatic N) is 6. The van der Waals surface area contributed by atoms with Gasteiger partial charge in [-0.15, -0.1) is 0 Å². The van der Waals surface area contributed by atoms with Gasteiger partial charge in [0.15, 0.2) is 0 Å². The number of aromatic nitrogens is 6. The normalized spacial score (nSPS) is 16.6. The van der Waals surface area contributed by atoms with Crippen molar-refractivity contribution in [3.8, 4) is 11.3 Å². The fraction of sp³-hybridized carbons (Fsp3) is 0.333. The van der Waals surface area contributed by atoms with Gasteiger partial charge in [0.2, 0.25) is 0 Å². The second kappa shape index (κ2) is 9.00. The maximum Gasteiger partial charge on any atom is 0.259 e. The fourth-order valence-corrected chi connectivity index (χ4v) is 5.66. The number of hydrogen-bond acceptors (Lipinski definition) is 6. The van der Waals surface area contributed by atoms with Gasteiger partial charge in [0.05, 0.1) is 29.8 Å². The van der Waals surface area contributed by atoms with Gasteiger partial charge in [0.1, 0.15) is 10.8 Å². The predicted octanol–water partition coefficient (Wildman–Crippen LogP) is 4.35. The van der Waals surface area contributed by atoms with Gasteiger partial charge >= 0.3 is 0 Å². The van der Waals surface area contributed by atoms with Crippen molar-refractivity contribution >= 4 is 39.1 Å². The summed E-state index contributed by atoms with van der Waals surface area (Å²) in [7, 11) is 3.71. The summed E-state index contributed by atoms with van der Waals surface area (Å²) in [5, 5.41) is 19.1. The van der Waals surface area contributed by atoms with E-state index in [1.807, 2.05) is 50.2 Å². The standard InChI is InChI=1S/C27H29ClN8O/c1-15-9-19(16(2)32-22-5-6-23(28)33-25(22)17-11-30-34(3)14-17)24-20(10-15)27(37)35(4)26-21(24)13-31-36(26)18-7-8-29-12-18/h5-6,9-11,13-14,16,18,29,32H,7-8,12H2,1-4H3. The monoisotopic (exact) mass is 516 g/mol. The molecule has 1 fully saturated rings. The van der Waals surface area contributed by atoms with Crippen LogP contribution in [0.5, 0.6) is 0 Å². The van der Waals surface area contributed by atoms with Crippen LogP contribution < -0.4 is 16.2 Å². The Labute approximate surface area is 219 Å². The van der Waals surface area contributed by atoms with E-state index in [-0.39, 0.29) is 17.6 Å². The van der Waals surface area contributed by atoms with Crippen LogP contribution in [-0.2, 0) is 14.1 Å². The second-order valence-electron chi connectivity index (χ2n) is 9.91. The molecule has 4 aromatic heterocycles. The molecule has 5 heterocycles. The molecule has 2 unspecified atom stereocenters. The van der Waals surface area contributed by atoms with Gasteiger partial charge in [-0.05, 0) is 56.1 Å². The molecule has 6 rings (SSSR count). The van der Waals surface area contributed by atoms with Crippen LogP contribution in [0.3, 0.4) is 0 Å². The topological polar surface area (TPSA) is 94.6 Å². The van der Waals surface area contributed by atoms with Crippen LogP contribution in [-0.4, -0.2) is 42.2 Å². The van der Waals surface area contributed by atoms with Crippen molar-refractivity contribution in [3.05, 3.63) is 69.5 Å². The Balaban J connectivity index is 1.52. The van der Waals surface area contributed by atoms with Crippen LogP contribution >= 0.6 is 11.6 Å². The summed E-state index contributed by atoms with van der Waals surface area (Å²) < 4.78 is 5.50. The number of hydrogen-bond donors (Lipinski definition) is 2. The van der Waals surface area contributed by atoms with E-state index in [1.165, 1.54) is 0 Å². The van der Waals surface area contributed by atoms with Crippen molar-refractivity contribution in [3.63, 3.8) is 0 Å².